The molecule has 0 radical (unpaired) electrons. The summed E-state index contributed by atoms with van der Waals surface area (Å²) in [5, 5.41) is 1.58. The minimum Gasteiger partial charge on any atom is -0.487 e. The van der Waals surface area contributed by atoms with E-state index in [-0.39, 0.29) is 29.2 Å². The predicted octanol–water partition coefficient (Wildman–Crippen LogP) is 4.38. The van der Waals surface area contributed by atoms with Gasteiger partial charge in [-0.3, -0.25) is 9.88 Å². The minimum absolute atomic E-state index is 0. The molecule has 2 aromatic carbocycles. The second-order valence-electron chi connectivity index (χ2n) is 7.62. The lowest BCUT2D eigenvalue weighted by Crippen LogP contribution is -2.38. The summed E-state index contributed by atoms with van der Waals surface area (Å²) in [6, 6.07) is 8.66. The molecular weight excluding hydrogens is 446 g/mol. The van der Waals surface area contributed by atoms with Gasteiger partial charge in [0.05, 0.1) is 4.90 Å². The number of halogens is 3. The summed E-state index contributed by atoms with van der Waals surface area (Å²) in [7, 11) is -3.44. The number of aromatic nitrogens is 1. The van der Waals surface area contributed by atoms with Gasteiger partial charge in [0.25, 0.3) is 0 Å². The second-order valence-corrected chi connectivity index (χ2v) is 9.61. The van der Waals surface area contributed by atoms with E-state index in [1.807, 2.05) is 6.07 Å². The van der Waals surface area contributed by atoms with E-state index < -0.39 is 21.5 Å². The van der Waals surface area contributed by atoms with E-state index >= 15 is 0 Å². The Hall–Kier alpha value is -2.29. The zero-order chi connectivity index (χ0) is 21.3. The van der Waals surface area contributed by atoms with Crippen LogP contribution in [0.4, 0.5) is 8.78 Å². The van der Waals surface area contributed by atoms with Gasteiger partial charge in [-0.2, -0.15) is 0 Å². The molecule has 0 aliphatic carbocycles. The van der Waals surface area contributed by atoms with Crippen molar-refractivity contribution in [3.05, 3.63) is 66.0 Å². The number of benzene rings is 2. The van der Waals surface area contributed by atoms with Gasteiger partial charge in [0.1, 0.15) is 11.9 Å². The first-order valence-corrected chi connectivity index (χ1v) is 11.6. The Morgan fingerprint density at radius 3 is 2.55 bits per heavy atom. The summed E-state index contributed by atoms with van der Waals surface area (Å²) < 4.78 is 57.9. The van der Waals surface area contributed by atoms with Gasteiger partial charge >= 0.3 is 0 Å². The van der Waals surface area contributed by atoms with Crippen molar-refractivity contribution in [1.82, 2.24) is 9.88 Å². The van der Waals surface area contributed by atoms with Gasteiger partial charge in [-0.25, -0.2) is 17.2 Å². The van der Waals surface area contributed by atoms with Crippen LogP contribution in [0.15, 0.2) is 53.7 Å². The zero-order valence-electron chi connectivity index (χ0n) is 16.9. The van der Waals surface area contributed by atoms with Crippen LogP contribution in [0.1, 0.15) is 18.4 Å². The summed E-state index contributed by atoms with van der Waals surface area (Å²) in [5.74, 6) is -0.662. The van der Waals surface area contributed by atoms with Crippen molar-refractivity contribution >= 4 is 33.0 Å². The maximum absolute atomic E-state index is 14.4. The fourth-order valence-electron chi connectivity index (χ4n) is 3.82. The largest absolute Gasteiger partial charge is 0.487 e. The minimum atomic E-state index is -3.44. The maximum atomic E-state index is 14.4. The third kappa shape index (κ3) is 5.50. The Morgan fingerprint density at radius 2 is 1.84 bits per heavy atom. The highest BCUT2D eigenvalue weighted by molar-refractivity contribution is 7.90. The lowest BCUT2D eigenvalue weighted by molar-refractivity contribution is 0.0932. The Kier molecular flexibility index (Phi) is 7.13. The average Bonchev–Trinajstić information content (AvgIpc) is 2.69. The van der Waals surface area contributed by atoms with Crippen molar-refractivity contribution in [2.24, 2.45) is 0 Å². The second kappa shape index (κ2) is 9.46. The van der Waals surface area contributed by atoms with Crippen LogP contribution in [0, 0.1) is 11.6 Å². The highest BCUT2D eigenvalue weighted by atomic mass is 35.5. The number of nitrogens with zero attached hydrogens (tertiary/aromatic N) is 2. The number of piperidine rings is 1. The van der Waals surface area contributed by atoms with Gasteiger partial charge in [0, 0.05) is 43.7 Å². The molecule has 31 heavy (non-hydrogen) atoms. The molecular formula is C22H23ClF2N2O3S. The van der Waals surface area contributed by atoms with E-state index in [4.69, 9.17) is 4.74 Å². The van der Waals surface area contributed by atoms with Gasteiger partial charge in [-0.1, -0.05) is 0 Å². The van der Waals surface area contributed by atoms with Crippen LogP contribution in [-0.4, -0.2) is 43.8 Å². The summed E-state index contributed by atoms with van der Waals surface area (Å²) in [6.45, 7) is 1.62. The molecule has 0 amide bonds. The normalized spacial score (nSPS) is 15.6. The molecule has 0 bridgehead atoms. The Bertz CT molecular complexity index is 1180. The van der Waals surface area contributed by atoms with E-state index in [9.17, 15) is 17.2 Å². The first kappa shape index (κ1) is 23.4. The molecule has 5 nitrogen and oxygen atoms in total. The standard InChI is InChI=1S/C22H22F2N2O3S.ClH/c1-30(27,28)22-3-2-18(23)10-17(22)14-26-8-5-19(6-9-26)29-21-12-15-4-7-25-13-16(15)11-20(21)24;/h2-4,7,10-13,19H,5-6,8-9,14H2,1H3;1H. The monoisotopic (exact) mass is 468 g/mol. The molecule has 0 spiro atoms. The SMILES string of the molecule is CS(=O)(=O)c1ccc(F)cc1CN1CCC(Oc2cc3ccncc3cc2F)CC1.Cl. The average molecular weight is 469 g/mol. The van der Waals surface area contributed by atoms with Crippen molar-refractivity contribution in [2.45, 2.75) is 30.4 Å². The first-order chi connectivity index (χ1) is 14.3. The topological polar surface area (TPSA) is 59.5 Å². The molecule has 1 aliphatic heterocycles. The molecule has 3 aromatic rings. The highest BCUT2D eigenvalue weighted by Crippen LogP contribution is 2.28. The zero-order valence-corrected chi connectivity index (χ0v) is 18.6. The fourth-order valence-corrected chi connectivity index (χ4v) is 4.73. The van der Waals surface area contributed by atoms with Crippen molar-refractivity contribution in [3.63, 3.8) is 0 Å². The van der Waals surface area contributed by atoms with Gasteiger partial charge < -0.3 is 4.74 Å². The van der Waals surface area contributed by atoms with Crippen LogP contribution in [-0.2, 0) is 16.4 Å². The molecule has 2 heterocycles. The predicted molar refractivity (Wildman–Crippen MR) is 117 cm³/mol. The quantitative estimate of drug-likeness (QED) is 0.520. The van der Waals surface area contributed by atoms with Crippen molar-refractivity contribution < 1.29 is 21.9 Å². The van der Waals surface area contributed by atoms with Gasteiger partial charge in [-0.15, -0.1) is 12.4 Å². The van der Waals surface area contributed by atoms with Crippen molar-refractivity contribution in [2.75, 3.05) is 19.3 Å². The maximum Gasteiger partial charge on any atom is 0.175 e. The molecule has 1 aromatic heterocycles. The molecule has 4 rings (SSSR count). The lowest BCUT2D eigenvalue weighted by atomic mass is 10.1. The molecule has 1 aliphatic rings. The third-order valence-corrected chi connectivity index (χ3v) is 6.53. The van der Waals surface area contributed by atoms with Crippen molar-refractivity contribution in [1.29, 1.82) is 0 Å². The third-order valence-electron chi connectivity index (χ3n) is 5.34. The van der Waals surface area contributed by atoms with E-state index in [0.717, 1.165) is 17.7 Å². The number of likely N-dealkylation sites (tertiary alicyclic amines) is 1. The smallest absolute Gasteiger partial charge is 0.175 e. The van der Waals surface area contributed by atoms with Crippen LogP contribution in [0.5, 0.6) is 5.75 Å². The number of pyridine rings is 1. The molecule has 1 fully saturated rings. The molecule has 0 saturated carbocycles. The van der Waals surface area contributed by atoms with E-state index in [1.165, 1.54) is 18.2 Å². The van der Waals surface area contributed by atoms with Crippen molar-refractivity contribution in [3.8, 4) is 5.75 Å². The highest BCUT2D eigenvalue weighted by Gasteiger charge is 2.24. The van der Waals surface area contributed by atoms with E-state index in [0.29, 0.717) is 43.4 Å². The van der Waals surface area contributed by atoms with Crippen LogP contribution < -0.4 is 4.74 Å². The molecule has 0 N–H and O–H groups in total. The number of sulfone groups is 1. The lowest BCUT2D eigenvalue weighted by Gasteiger charge is -2.32. The Balaban J connectivity index is 0.00000272. The summed E-state index contributed by atoms with van der Waals surface area (Å²) >= 11 is 0. The van der Waals surface area contributed by atoms with Crippen LogP contribution >= 0.6 is 12.4 Å². The number of rotatable bonds is 5. The molecule has 0 atom stereocenters. The summed E-state index contributed by atoms with van der Waals surface area (Å²) in [5.41, 5.74) is 0.450. The van der Waals surface area contributed by atoms with Crippen LogP contribution in [0.3, 0.4) is 0 Å². The van der Waals surface area contributed by atoms with E-state index in [2.05, 4.69) is 9.88 Å². The van der Waals surface area contributed by atoms with Gasteiger partial charge in [0.2, 0.25) is 0 Å². The molecule has 9 heteroatoms. The number of hydrogen-bond donors (Lipinski definition) is 0. The summed E-state index contributed by atoms with van der Waals surface area (Å²) in [6.07, 6.45) is 5.57. The molecule has 1 saturated heterocycles. The van der Waals surface area contributed by atoms with Crippen LogP contribution in [0.25, 0.3) is 10.8 Å². The molecule has 166 valence electrons. The molecule has 0 unspecified atom stereocenters. The van der Waals surface area contributed by atoms with E-state index in [1.54, 1.807) is 18.5 Å². The van der Waals surface area contributed by atoms with Gasteiger partial charge in [0.15, 0.2) is 21.4 Å². The fraction of sp³-hybridized carbons (Fsp3) is 0.318. The summed E-state index contributed by atoms with van der Waals surface area (Å²) in [4.78, 5) is 6.20. The number of fused-ring (bicyclic) bond motifs is 1. The van der Waals surface area contributed by atoms with Gasteiger partial charge in [-0.05, 0) is 60.2 Å². The first-order valence-electron chi connectivity index (χ1n) is 9.70. The van der Waals surface area contributed by atoms with Crippen LogP contribution in [0.2, 0.25) is 0 Å². The number of hydrogen-bond acceptors (Lipinski definition) is 5. The number of ether oxygens (including phenoxy) is 1. The Morgan fingerprint density at radius 1 is 1.10 bits per heavy atom. The Labute approximate surface area is 186 Å².